The van der Waals surface area contributed by atoms with Gasteiger partial charge in [0.25, 0.3) is 0 Å². The second-order valence-corrected chi connectivity index (χ2v) is 6.75. The maximum Gasteiger partial charge on any atom is 0.0812 e. The van der Waals surface area contributed by atoms with E-state index in [1.165, 1.54) is 77.0 Å². The van der Waals surface area contributed by atoms with Crippen molar-refractivity contribution < 1.29 is 9.47 Å². The van der Waals surface area contributed by atoms with Gasteiger partial charge in [0.2, 0.25) is 0 Å². The quantitative estimate of drug-likeness (QED) is 0.178. The molecule has 0 N–H and O–H groups in total. The highest BCUT2D eigenvalue weighted by Crippen LogP contribution is 2.14. The molecule has 142 valence electrons. The van der Waals surface area contributed by atoms with Crippen molar-refractivity contribution in [3.8, 4) is 0 Å². The van der Waals surface area contributed by atoms with Crippen LogP contribution >= 0.6 is 0 Å². The Bertz CT molecular complexity index is 263. The summed E-state index contributed by atoms with van der Waals surface area (Å²) >= 11 is 0. The van der Waals surface area contributed by atoms with E-state index in [1.54, 1.807) is 6.08 Å². The Kier molecular flexibility index (Phi) is 19.9. The molecule has 0 amide bonds. The first-order valence-electron chi connectivity index (χ1n) is 10.3. The van der Waals surface area contributed by atoms with Crippen molar-refractivity contribution in [1.29, 1.82) is 0 Å². The maximum atomic E-state index is 5.76. The fourth-order valence-corrected chi connectivity index (χ4v) is 2.91. The molecule has 0 aromatic carbocycles. The van der Waals surface area contributed by atoms with Gasteiger partial charge in [-0.15, -0.1) is 13.2 Å². The molecule has 1 atom stereocenters. The van der Waals surface area contributed by atoms with Crippen LogP contribution in [0.25, 0.3) is 0 Å². The number of hydrogen-bond acceptors (Lipinski definition) is 2. The molecule has 0 saturated carbocycles. The maximum absolute atomic E-state index is 5.76. The largest absolute Gasteiger partial charge is 0.375 e. The molecule has 0 unspecified atom stereocenters. The van der Waals surface area contributed by atoms with Crippen LogP contribution in [0, 0.1) is 0 Å². The molecule has 0 rings (SSSR count). The first-order chi connectivity index (χ1) is 11.8. The molecule has 0 aromatic rings. The minimum atomic E-state index is 0.200. The van der Waals surface area contributed by atoms with Crippen LogP contribution in [0.5, 0.6) is 0 Å². The highest BCUT2D eigenvalue weighted by atomic mass is 16.5. The van der Waals surface area contributed by atoms with E-state index in [-0.39, 0.29) is 6.10 Å². The third kappa shape index (κ3) is 17.7. The van der Waals surface area contributed by atoms with Crippen LogP contribution in [0.15, 0.2) is 25.3 Å². The molecular formula is C22H42O2. The summed E-state index contributed by atoms with van der Waals surface area (Å²) in [5.74, 6) is 0. The van der Waals surface area contributed by atoms with Crippen molar-refractivity contribution in [1.82, 2.24) is 0 Å². The number of hydrogen-bond donors (Lipinski definition) is 0. The lowest BCUT2D eigenvalue weighted by molar-refractivity contribution is -0.00346. The molecule has 24 heavy (non-hydrogen) atoms. The Balaban J connectivity index is 3.40. The van der Waals surface area contributed by atoms with Crippen molar-refractivity contribution in [2.24, 2.45) is 0 Å². The Hall–Kier alpha value is -0.600. The topological polar surface area (TPSA) is 18.5 Å². The van der Waals surface area contributed by atoms with Crippen molar-refractivity contribution in [2.75, 3.05) is 19.8 Å². The molecular weight excluding hydrogens is 296 g/mol. The number of unbranched alkanes of at least 4 members (excludes halogenated alkanes) is 11. The average Bonchev–Trinajstić information content (AvgIpc) is 2.60. The van der Waals surface area contributed by atoms with Crippen molar-refractivity contribution in [3.05, 3.63) is 25.3 Å². The van der Waals surface area contributed by atoms with Crippen LogP contribution in [0.2, 0.25) is 0 Å². The van der Waals surface area contributed by atoms with E-state index in [4.69, 9.17) is 9.47 Å². The predicted octanol–water partition coefficient (Wildman–Crippen LogP) is 6.85. The van der Waals surface area contributed by atoms with Crippen LogP contribution in [0.3, 0.4) is 0 Å². The first kappa shape index (κ1) is 23.4. The fraction of sp³-hybridized carbons (Fsp3) is 0.818. The van der Waals surface area contributed by atoms with Gasteiger partial charge in [0, 0.05) is 0 Å². The van der Waals surface area contributed by atoms with E-state index < -0.39 is 0 Å². The summed E-state index contributed by atoms with van der Waals surface area (Å²) in [5, 5.41) is 0. The van der Waals surface area contributed by atoms with Gasteiger partial charge in [0.1, 0.15) is 0 Å². The van der Waals surface area contributed by atoms with Crippen LogP contribution in [-0.2, 0) is 9.47 Å². The highest BCUT2D eigenvalue weighted by molar-refractivity contribution is 4.69. The van der Waals surface area contributed by atoms with Gasteiger partial charge in [-0.3, -0.25) is 0 Å². The second-order valence-electron chi connectivity index (χ2n) is 6.75. The van der Waals surface area contributed by atoms with Crippen molar-refractivity contribution in [3.63, 3.8) is 0 Å². The lowest BCUT2D eigenvalue weighted by atomic mass is 10.0. The van der Waals surface area contributed by atoms with Crippen molar-refractivity contribution >= 4 is 0 Å². The van der Waals surface area contributed by atoms with E-state index >= 15 is 0 Å². The highest BCUT2D eigenvalue weighted by Gasteiger charge is 2.08. The zero-order valence-electron chi connectivity index (χ0n) is 16.3. The van der Waals surface area contributed by atoms with E-state index in [0.717, 1.165) is 6.42 Å². The first-order valence-corrected chi connectivity index (χ1v) is 10.3. The van der Waals surface area contributed by atoms with Crippen LogP contribution in [0.4, 0.5) is 0 Å². The van der Waals surface area contributed by atoms with Gasteiger partial charge in [-0.25, -0.2) is 0 Å². The molecule has 0 fully saturated rings. The molecule has 0 aromatic heterocycles. The summed E-state index contributed by atoms with van der Waals surface area (Å²) in [6.07, 6.45) is 21.5. The summed E-state index contributed by atoms with van der Waals surface area (Å²) in [6.45, 7) is 11.5. The van der Waals surface area contributed by atoms with Crippen molar-refractivity contribution in [2.45, 2.75) is 96.5 Å². The van der Waals surface area contributed by atoms with E-state index in [0.29, 0.717) is 19.8 Å². The molecule has 0 aliphatic heterocycles. The summed E-state index contributed by atoms with van der Waals surface area (Å²) in [4.78, 5) is 0. The standard InChI is InChI=1S/C22H42O2/c1-4-7-8-9-10-11-12-13-14-15-16-17-18-22(24-20-6-3)21-23-19-5-2/h5-6,22H,2-4,7-21H2,1H3/t22-/m0/s1. The van der Waals surface area contributed by atoms with Gasteiger partial charge in [0.05, 0.1) is 25.9 Å². The van der Waals surface area contributed by atoms with Gasteiger partial charge in [-0.2, -0.15) is 0 Å². The SMILES string of the molecule is C=CCOC[C@H](CCCCCCCCCCCCCC)OCC=C. The molecule has 2 heteroatoms. The Morgan fingerprint density at radius 1 is 0.708 bits per heavy atom. The monoisotopic (exact) mass is 338 g/mol. The minimum Gasteiger partial charge on any atom is -0.375 e. The average molecular weight is 339 g/mol. The summed E-state index contributed by atoms with van der Waals surface area (Å²) < 4.78 is 11.3. The van der Waals surface area contributed by atoms with E-state index in [9.17, 15) is 0 Å². The number of ether oxygens (including phenoxy) is 2. The summed E-state index contributed by atoms with van der Waals surface area (Å²) in [6, 6.07) is 0. The molecule has 0 aliphatic carbocycles. The van der Waals surface area contributed by atoms with Gasteiger partial charge < -0.3 is 9.47 Å². The smallest absolute Gasteiger partial charge is 0.0812 e. The Labute approximate surface area is 151 Å². The Morgan fingerprint density at radius 2 is 1.21 bits per heavy atom. The summed E-state index contributed by atoms with van der Waals surface area (Å²) in [5.41, 5.74) is 0. The van der Waals surface area contributed by atoms with Gasteiger partial charge in [0.15, 0.2) is 0 Å². The lowest BCUT2D eigenvalue weighted by Gasteiger charge is -2.16. The minimum absolute atomic E-state index is 0.200. The molecule has 0 saturated heterocycles. The summed E-state index contributed by atoms with van der Waals surface area (Å²) in [7, 11) is 0. The molecule has 2 nitrogen and oxygen atoms in total. The Morgan fingerprint density at radius 3 is 1.71 bits per heavy atom. The van der Waals surface area contributed by atoms with Gasteiger partial charge in [-0.05, 0) is 6.42 Å². The van der Waals surface area contributed by atoms with E-state index in [1.807, 2.05) is 6.08 Å². The second kappa shape index (κ2) is 20.4. The molecule has 0 radical (unpaired) electrons. The third-order valence-electron chi connectivity index (χ3n) is 4.37. The van der Waals surface area contributed by atoms with Gasteiger partial charge >= 0.3 is 0 Å². The molecule has 0 spiro atoms. The van der Waals surface area contributed by atoms with E-state index in [2.05, 4.69) is 20.1 Å². The third-order valence-corrected chi connectivity index (χ3v) is 4.37. The molecule has 0 bridgehead atoms. The zero-order valence-corrected chi connectivity index (χ0v) is 16.3. The number of rotatable bonds is 20. The zero-order chi connectivity index (χ0) is 17.7. The normalized spacial score (nSPS) is 12.2. The van der Waals surface area contributed by atoms with Gasteiger partial charge in [-0.1, -0.05) is 96.1 Å². The fourth-order valence-electron chi connectivity index (χ4n) is 2.91. The molecule has 0 aliphatic rings. The lowest BCUT2D eigenvalue weighted by Crippen LogP contribution is -2.20. The van der Waals surface area contributed by atoms with Crippen LogP contribution < -0.4 is 0 Å². The van der Waals surface area contributed by atoms with Crippen LogP contribution in [0.1, 0.15) is 90.4 Å². The predicted molar refractivity (Wildman–Crippen MR) is 107 cm³/mol. The van der Waals surface area contributed by atoms with Crippen LogP contribution in [-0.4, -0.2) is 25.9 Å². The molecule has 0 heterocycles.